The molecule has 0 fully saturated rings. The predicted molar refractivity (Wildman–Crippen MR) is 90.5 cm³/mol. The maximum Gasteiger partial charge on any atom is 0.283 e. The molecule has 0 aliphatic rings. The zero-order chi connectivity index (χ0) is 17.1. The molecule has 0 radical (unpaired) electrons. The number of alkyl halides is 1. The molecule has 3 aromatic rings. The Hall–Kier alpha value is -2.55. The van der Waals surface area contributed by atoms with Crippen molar-refractivity contribution in [1.29, 1.82) is 0 Å². The standard InChI is InChI=1S/C15H13BrFN5O2/c16-7-1-2-13(23)20-21-9-18-14-12(15(21)24)8-19-22(14)11-5-3-10(17)4-6-11/h3-6,8-9H,1-2,7H2,(H,20,23). The van der Waals surface area contributed by atoms with E-state index < -0.39 is 5.56 Å². The second-order valence-electron chi connectivity index (χ2n) is 5.02. The van der Waals surface area contributed by atoms with Crippen LogP contribution in [0.15, 0.2) is 41.6 Å². The van der Waals surface area contributed by atoms with Crippen LogP contribution in [0.25, 0.3) is 16.7 Å². The van der Waals surface area contributed by atoms with Gasteiger partial charge in [-0.2, -0.15) is 5.10 Å². The third-order valence-electron chi connectivity index (χ3n) is 3.34. The average molecular weight is 394 g/mol. The van der Waals surface area contributed by atoms with Crippen LogP contribution in [0.3, 0.4) is 0 Å². The Labute approximate surface area is 144 Å². The van der Waals surface area contributed by atoms with Crippen molar-refractivity contribution in [2.24, 2.45) is 0 Å². The summed E-state index contributed by atoms with van der Waals surface area (Å²) in [5, 5.41) is 5.08. The number of rotatable bonds is 5. The molecule has 1 amide bonds. The topological polar surface area (TPSA) is 81.8 Å². The van der Waals surface area contributed by atoms with Crippen LogP contribution in [0.4, 0.5) is 4.39 Å². The summed E-state index contributed by atoms with van der Waals surface area (Å²) < 4.78 is 15.5. The van der Waals surface area contributed by atoms with Gasteiger partial charge in [0.25, 0.3) is 5.56 Å². The van der Waals surface area contributed by atoms with Crippen molar-refractivity contribution >= 4 is 32.9 Å². The van der Waals surface area contributed by atoms with Crippen molar-refractivity contribution in [3.8, 4) is 5.69 Å². The van der Waals surface area contributed by atoms with E-state index in [9.17, 15) is 14.0 Å². The number of nitrogens with zero attached hydrogens (tertiary/aromatic N) is 4. The van der Waals surface area contributed by atoms with Gasteiger partial charge in [0.1, 0.15) is 17.5 Å². The highest BCUT2D eigenvalue weighted by molar-refractivity contribution is 9.09. The first-order valence-electron chi connectivity index (χ1n) is 7.17. The smallest absolute Gasteiger partial charge is 0.273 e. The van der Waals surface area contributed by atoms with E-state index in [1.165, 1.54) is 41.5 Å². The van der Waals surface area contributed by atoms with Crippen LogP contribution in [0, 0.1) is 5.82 Å². The van der Waals surface area contributed by atoms with Gasteiger partial charge in [-0.05, 0) is 30.7 Å². The highest BCUT2D eigenvalue weighted by atomic mass is 79.9. The van der Waals surface area contributed by atoms with Crippen LogP contribution < -0.4 is 11.0 Å². The number of halogens is 2. The van der Waals surface area contributed by atoms with E-state index in [-0.39, 0.29) is 17.1 Å². The lowest BCUT2D eigenvalue weighted by molar-refractivity contribution is -0.117. The maximum atomic E-state index is 13.0. The number of benzene rings is 1. The van der Waals surface area contributed by atoms with Gasteiger partial charge < -0.3 is 0 Å². The van der Waals surface area contributed by atoms with E-state index >= 15 is 0 Å². The van der Waals surface area contributed by atoms with Gasteiger partial charge in [-0.3, -0.25) is 15.0 Å². The van der Waals surface area contributed by atoms with Crippen LogP contribution in [0.2, 0.25) is 0 Å². The van der Waals surface area contributed by atoms with Crippen LogP contribution >= 0.6 is 15.9 Å². The molecular formula is C15H13BrFN5O2. The zero-order valence-electron chi connectivity index (χ0n) is 12.4. The summed E-state index contributed by atoms with van der Waals surface area (Å²) in [7, 11) is 0. The summed E-state index contributed by atoms with van der Waals surface area (Å²) in [6.07, 6.45) is 3.57. The lowest BCUT2D eigenvalue weighted by Gasteiger charge is -2.07. The van der Waals surface area contributed by atoms with Crippen molar-refractivity contribution in [2.75, 3.05) is 10.8 Å². The highest BCUT2D eigenvalue weighted by Gasteiger charge is 2.12. The number of nitrogens with one attached hydrogen (secondary N) is 1. The zero-order valence-corrected chi connectivity index (χ0v) is 14.0. The predicted octanol–water partition coefficient (Wildman–Crippen LogP) is 1.97. The molecule has 0 atom stereocenters. The molecule has 0 saturated carbocycles. The van der Waals surface area contributed by atoms with Crippen molar-refractivity contribution in [2.45, 2.75) is 12.8 Å². The van der Waals surface area contributed by atoms with Crippen molar-refractivity contribution in [3.05, 3.63) is 53.0 Å². The monoisotopic (exact) mass is 393 g/mol. The first kappa shape index (κ1) is 16.3. The minimum absolute atomic E-state index is 0.252. The molecule has 24 heavy (non-hydrogen) atoms. The summed E-state index contributed by atoms with van der Waals surface area (Å²) in [5.74, 6) is -0.639. The fraction of sp³-hybridized carbons (Fsp3) is 0.200. The van der Waals surface area contributed by atoms with Gasteiger partial charge in [-0.1, -0.05) is 15.9 Å². The molecule has 1 aromatic carbocycles. The quantitative estimate of drug-likeness (QED) is 0.671. The SMILES string of the molecule is O=C(CCCBr)Nn1cnc2c(cnn2-c2ccc(F)cc2)c1=O. The van der Waals surface area contributed by atoms with Crippen LogP contribution in [0.1, 0.15) is 12.8 Å². The van der Waals surface area contributed by atoms with E-state index in [0.29, 0.717) is 29.5 Å². The Morgan fingerprint density at radius 3 is 2.75 bits per heavy atom. The Morgan fingerprint density at radius 2 is 2.04 bits per heavy atom. The Kier molecular flexibility index (Phi) is 4.70. The summed E-state index contributed by atoms with van der Waals surface area (Å²) in [6.45, 7) is 0. The van der Waals surface area contributed by atoms with Gasteiger partial charge in [-0.25, -0.2) is 18.7 Å². The molecule has 2 aromatic heterocycles. The average Bonchev–Trinajstić information content (AvgIpc) is 3.01. The number of hydrogen-bond donors (Lipinski definition) is 1. The van der Waals surface area contributed by atoms with E-state index in [1.807, 2.05) is 0 Å². The number of fused-ring (bicyclic) bond motifs is 1. The van der Waals surface area contributed by atoms with Gasteiger partial charge in [0.2, 0.25) is 5.91 Å². The third kappa shape index (κ3) is 3.21. The van der Waals surface area contributed by atoms with Gasteiger partial charge in [0.15, 0.2) is 5.65 Å². The molecule has 1 N–H and O–H groups in total. The van der Waals surface area contributed by atoms with E-state index in [1.54, 1.807) is 0 Å². The first-order valence-corrected chi connectivity index (χ1v) is 8.29. The number of carbonyl (C=O) groups excluding carboxylic acids is 1. The fourth-order valence-corrected chi connectivity index (χ4v) is 2.46. The minimum atomic E-state index is -0.430. The normalized spacial score (nSPS) is 10.9. The van der Waals surface area contributed by atoms with E-state index in [4.69, 9.17) is 0 Å². The first-order chi connectivity index (χ1) is 11.6. The lowest BCUT2D eigenvalue weighted by Crippen LogP contribution is -2.33. The molecule has 0 aliphatic carbocycles. The maximum absolute atomic E-state index is 13.0. The molecule has 0 unspecified atom stereocenters. The largest absolute Gasteiger partial charge is 0.283 e. The van der Waals surface area contributed by atoms with E-state index in [0.717, 1.165) is 4.68 Å². The highest BCUT2D eigenvalue weighted by Crippen LogP contribution is 2.13. The molecule has 9 heteroatoms. The molecule has 3 rings (SSSR count). The molecule has 0 saturated heterocycles. The molecule has 2 heterocycles. The van der Waals surface area contributed by atoms with Crippen LogP contribution in [-0.2, 0) is 4.79 Å². The number of hydrogen-bond acceptors (Lipinski definition) is 4. The summed E-state index contributed by atoms with van der Waals surface area (Å²) >= 11 is 3.24. The van der Waals surface area contributed by atoms with Crippen molar-refractivity contribution < 1.29 is 9.18 Å². The Balaban J connectivity index is 1.95. The summed E-state index contributed by atoms with van der Waals surface area (Å²) in [6, 6.07) is 5.68. The second kappa shape index (κ2) is 6.91. The summed E-state index contributed by atoms with van der Waals surface area (Å²) in [5.41, 5.74) is 2.97. The van der Waals surface area contributed by atoms with Crippen molar-refractivity contribution in [3.63, 3.8) is 0 Å². The van der Waals surface area contributed by atoms with Crippen LogP contribution in [-0.4, -0.2) is 30.7 Å². The molecule has 0 aliphatic heterocycles. The van der Waals surface area contributed by atoms with Gasteiger partial charge in [0.05, 0.1) is 11.9 Å². The summed E-state index contributed by atoms with van der Waals surface area (Å²) in [4.78, 5) is 28.3. The van der Waals surface area contributed by atoms with Gasteiger partial charge >= 0.3 is 0 Å². The fourth-order valence-electron chi connectivity index (χ4n) is 2.18. The second-order valence-corrected chi connectivity index (χ2v) is 5.81. The minimum Gasteiger partial charge on any atom is -0.273 e. The third-order valence-corrected chi connectivity index (χ3v) is 3.90. The Bertz CT molecular complexity index is 935. The molecule has 7 nitrogen and oxygen atoms in total. The molecule has 0 bridgehead atoms. The van der Waals surface area contributed by atoms with Crippen LogP contribution in [0.5, 0.6) is 0 Å². The Morgan fingerprint density at radius 1 is 1.29 bits per heavy atom. The molecule has 0 spiro atoms. The van der Waals surface area contributed by atoms with Gasteiger partial charge in [0, 0.05) is 11.8 Å². The lowest BCUT2D eigenvalue weighted by atomic mass is 10.3. The molecule has 124 valence electrons. The number of aromatic nitrogens is 4. The number of amides is 1. The molecular weight excluding hydrogens is 381 g/mol. The van der Waals surface area contributed by atoms with Crippen molar-refractivity contribution in [1.82, 2.24) is 19.4 Å². The van der Waals surface area contributed by atoms with E-state index in [2.05, 4.69) is 31.4 Å². The van der Waals surface area contributed by atoms with Gasteiger partial charge in [-0.15, -0.1) is 0 Å². The number of carbonyl (C=O) groups is 1.